The van der Waals surface area contributed by atoms with Crippen LogP contribution in [0.25, 0.3) is 50.1 Å². The fourth-order valence-corrected chi connectivity index (χ4v) is 6.84. The largest absolute Gasteiger partial charge is 0.507 e. The molecule has 257 valence electrons. The molecule has 0 saturated carbocycles. The first-order valence-electron chi connectivity index (χ1n) is 17.3. The van der Waals surface area contributed by atoms with Gasteiger partial charge in [0.05, 0.1) is 22.3 Å². The number of para-hydroxylation sites is 4. The van der Waals surface area contributed by atoms with E-state index in [1.165, 1.54) is 38.7 Å². The number of pyridine rings is 1. The van der Waals surface area contributed by atoms with Gasteiger partial charge in [0.25, 0.3) is 0 Å². The molecule has 7 rings (SSSR count). The summed E-state index contributed by atoms with van der Waals surface area (Å²) in [4.78, 5) is 9.55. The molecule has 5 aromatic carbocycles. The monoisotopic (exact) mass is 837 g/mol. The second-order valence-electron chi connectivity index (χ2n) is 13.9. The number of phenols is 1. The molecule has 2 heterocycles. The SMILES string of the molecule is CC(C)c1cccc(C(C)C)c1-n1c(-c2ccccc2O)nc2ccccc21.Cc1[c-]c(-c2nccc3c(C(C)C)cccc23)cc(C)c1.[Ir]. The summed E-state index contributed by atoms with van der Waals surface area (Å²) >= 11 is 0. The van der Waals surface area contributed by atoms with Crippen LogP contribution in [0.2, 0.25) is 0 Å². The van der Waals surface area contributed by atoms with Crippen LogP contribution < -0.4 is 0 Å². The second kappa shape index (κ2) is 15.5. The van der Waals surface area contributed by atoms with Crippen molar-refractivity contribution in [3.8, 4) is 34.1 Å². The summed E-state index contributed by atoms with van der Waals surface area (Å²) in [7, 11) is 0. The van der Waals surface area contributed by atoms with Crippen LogP contribution in [0.1, 0.15) is 87.1 Å². The Hall–Kier alpha value is -4.57. The predicted molar refractivity (Wildman–Crippen MR) is 206 cm³/mol. The zero-order valence-corrected chi connectivity index (χ0v) is 32.6. The topological polar surface area (TPSA) is 50.9 Å². The van der Waals surface area contributed by atoms with Crippen molar-refractivity contribution in [2.75, 3.05) is 0 Å². The number of hydrogen-bond acceptors (Lipinski definition) is 3. The molecule has 7 aromatic rings. The first-order chi connectivity index (χ1) is 23.5. The van der Waals surface area contributed by atoms with E-state index in [-0.39, 0.29) is 25.9 Å². The van der Waals surface area contributed by atoms with E-state index in [4.69, 9.17) is 4.98 Å². The van der Waals surface area contributed by atoms with Crippen LogP contribution >= 0.6 is 0 Å². The van der Waals surface area contributed by atoms with Gasteiger partial charge in [0.2, 0.25) is 0 Å². The second-order valence-corrected chi connectivity index (χ2v) is 13.9. The number of hydrogen-bond donors (Lipinski definition) is 1. The van der Waals surface area contributed by atoms with Gasteiger partial charge in [-0.1, -0.05) is 116 Å². The van der Waals surface area contributed by atoms with E-state index in [2.05, 4.69) is 132 Å². The number of aromatic nitrogens is 3. The van der Waals surface area contributed by atoms with Gasteiger partial charge in [-0.05, 0) is 81.2 Å². The van der Waals surface area contributed by atoms with Crippen LogP contribution in [0.15, 0.2) is 109 Å². The van der Waals surface area contributed by atoms with Crippen molar-refractivity contribution in [1.82, 2.24) is 14.5 Å². The van der Waals surface area contributed by atoms with Gasteiger partial charge in [-0.3, -0.25) is 4.57 Å². The minimum atomic E-state index is 0. The third kappa shape index (κ3) is 7.31. The molecule has 50 heavy (non-hydrogen) atoms. The van der Waals surface area contributed by atoms with Gasteiger partial charge in [-0.2, -0.15) is 0 Å². The number of imidazole rings is 1. The molecule has 0 aliphatic heterocycles. The number of benzene rings is 5. The third-order valence-electron chi connectivity index (χ3n) is 9.14. The van der Waals surface area contributed by atoms with E-state index in [1.807, 2.05) is 42.6 Å². The van der Waals surface area contributed by atoms with Crippen molar-refractivity contribution in [2.24, 2.45) is 0 Å². The fraction of sp³-hybridized carbons (Fsp3) is 0.244. The van der Waals surface area contributed by atoms with Gasteiger partial charge < -0.3 is 10.1 Å². The van der Waals surface area contributed by atoms with Crippen LogP contribution in [0, 0.1) is 19.9 Å². The normalized spacial score (nSPS) is 11.3. The molecule has 0 spiro atoms. The molecule has 0 unspecified atom stereocenters. The van der Waals surface area contributed by atoms with Gasteiger partial charge in [-0.25, -0.2) is 4.98 Å². The number of aryl methyl sites for hydroxylation is 2. The number of nitrogens with zero attached hydrogens (tertiary/aromatic N) is 3. The van der Waals surface area contributed by atoms with Gasteiger partial charge in [0.15, 0.2) is 0 Å². The molecule has 0 aliphatic rings. The maximum absolute atomic E-state index is 10.6. The first kappa shape index (κ1) is 36.7. The van der Waals surface area contributed by atoms with E-state index < -0.39 is 0 Å². The van der Waals surface area contributed by atoms with Crippen molar-refractivity contribution in [2.45, 2.75) is 73.1 Å². The molecule has 1 radical (unpaired) electrons. The summed E-state index contributed by atoms with van der Waals surface area (Å²) in [6, 6.07) is 38.5. The molecule has 0 aliphatic carbocycles. The maximum Gasteiger partial charge on any atom is 0.149 e. The number of rotatable bonds is 6. The van der Waals surface area contributed by atoms with Gasteiger partial charge in [0.1, 0.15) is 11.6 Å². The van der Waals surface area contributed by atoms with E-state index >= 15 is 0 Å². The van der Waals surface area contributed by atoms with E-state index in [9.17, 15) is 5.11 Å². The number of phenolic OH excluding ortho intramolecular Hbond substituents is 1. The Bertz CT molecular complexity index is 2220. The van der Waals surface area contributed by atoms with Crippen LogP contribution in [-0.2, 0) is 20.1 Å². The summed E-state index contributed by atoms with van der Waals surface area (Å²) in [5, 5.41) is 13.1. The van der Waals surface area contributed by atoms with Gasteiger partial charge in [0, 0.05) is 26.3 Å². The molecule has 2 aromatic heterocycles. The molecule has 5 heteroatoms. The Morgan fingerprint density at radius 3 is 1.94 bits per heavy atom. The number of aromatic hydroxyl groups is 1. The van der Waals surface area contributed by atoms with Crippen molar-refractivity contribution in [3.63, 3.8) is 0 Å². The van der Waals surface area contributed by atoms with E-state index in [0.29, 0.717) is 17.8 Å². The Labute approximate surface area is 310 Å². The molecule has 0 fully saturated rings. The van der Waals surface area contributed by atoms with Crippen LogP contribution in [0.5, 0.6) is 5.75 Å². The van der Waals surface area contributed by atoms with Crippen molar-refractivity contribution in [1.29, 1.82) is 0 Å². The van der Waals surface area contributed by atoms with Gasteiger partial charge in [-0.15, -0.1) is 34.9 Å². The zero-order chi connectivity index (χ0) is 34.8. The van der Waals surface area contributed by atoms with Crippen molar-refractivity contribution < 1.29 is 25.2 Å². The molecule has 1 N–H and O–H groups in total. The molecule has 0 amide bonds. The summed E-state index contributed by atoms with van der Waals surface area (Å²) in [6.45, 7) is 17.6. The van der Waals surface area contributed by atoms with Crippen molar-refractivity contribution >= 4 is 21.8 Å². The molecular formula is C45H46IrN3O-. The molecule has 0 bridgehead atoms. The van der Waals surface area contributed by atoms with Crippen molar-refractivity contribution in [3.05, 3.63) is 143 Å². The minimum Gasteiger partial charge on any atom is -0.507 e. The Morgan fingerprint density at radius 2 is 1.28 bits per heavy atom. The van der Waals surface area contributed by atoms with Gasteiger partial charge >= 0.3 is 0 Å². The Balaban J connectivity index is 0.000000198. The van der Waals surface area contributed by atoms with E-state index in [0.717, 1.165) is 39.2 Å². The summed E-state index contributed by atoms with van der Waals surface area (Å²) in [6.07, 6.45) is 1.91. The Morgan fingerprint density at radius 1 is 0.660 bits per heavy atom. The Kier molecular flexibility index (Phi) is 11.4. The minimum absolute atomic E-state index is 0. The first-order valence-corrected chi connectivity index (χ1v) is 17.3. The maximum atomic E-state index is 10.6. The molecule has 4 nitrogen and oxygen atoms in total. The quantitative estimate of drug-likeness (QED) is 0.170. The summed E-state index contributed by atoms with van der Waals surface area (Å²) in [5.41, 5.74) is 12.4. The molecule has 0 saturated heterocycles. The zero-order valence-electron chi connectivity index (χ0n) is 30.2. The van der Waals surface area contributed by atoms with E-state index in [1.54, 1.807) is 6.07 Å². The average Bonchev–Trinajstić information content (AvgIpc) is 3.46. The third-order valence-corrected chi connectivity index (χ3v) is 9.14. The van der Waals surface area contributed by atoms with Crippen LogP contribution in [-0.4, -0.2) is 19.6 Å². The molecular weight excluding hydrogens is 791 g/mol. The summed E-state index contributed by atoms with van der Waals surface area (Å²) in [5.74, 6) is 2.26. The molecule has 0 atom stereocenters. The number of fused-ring (bicyclic) bond motifs is 2. The fourth-order valence-electron chi connectivity index (χ4n) is 6.84. The average molecular weight is 837 g/mol. The smallest absolute Gasteiger partial charge is 0.149 e. The predicted octanol–water partition coefficient (Wildman–Crippen LogP) is 12.1. The van der Waals surface area contributed by atoms with Crippen LogP contribution in [0.3, 0.4) is 0 Å². The van der Waals surface area contributed by atoms with Crippen LogP contribution in [0.4, 0.5) is 0 Å². The summed E-state index contributed by atoms with van der Waals surface area (Å²) < 4.78 is 2.23. The standard InChI is InChI=1S/C25H26N2O.C20H20N.Ir/c1-16(2)18-11-9-12-19(17(3)4)24(18)27-22-14-7-6-13-21(22)26-25(27)20-10-5-8-15-23(20)28;1-13(2)17-6-5-7-19-18(17)8-9-21-20(19)16-11-14(3)10-15(4)12-16;/h5-17,28H,1-4H3;5-11,13H,1-4H3;/q;-1;.